The van der Waals surface area contributed by atoms with Crippen LogP contribution in [0.15, 0.2) is 54.3 Å². The minimum absolute atomic E-state index is 0.144. The van der Waals surface area contributed by atoms with Crippen LogP contribution in [0.3, 0.4) is 0 Å². The first-order chi connectivity index (χ1) is 23.4. The van der Waals surface area contributed by atoms with E-state index in [4.69, 9.17) is 26.9 Å². The number of pyridine rings is 1. The summed E-state index contributed by atoms with van der Waals surface area (Å²) >= 11 is 5.66. The van der Waals surface area contributed by atoms with Crippen LogP contribution in [0.2, 0.25) is 0 Å². The van der Waals surface area contributed by atoms with E-state index in [9.17, 15) is 14.0 Å². The number of carbonyl (C=O) groups excluding carboxylic acids is 2. The van der Waals surface area contributed by atoms with Crippen molar-refractivity contribution in [1.29, 1.82) is 0 Å². The van der Waals surface area contributed by atoms with E-state index in [1.165, 1.54) is 9.06 Å². The number of benzene rings is 1. The number of aromatic nitrogens is 2. The molecule has 3 aromatic rings. The van der Waals surface area contributed by atoms with Gasteiger partial charge in [-0.25, -0.2) is 4.79 Å². The maximum Gasteiger partial charge on any atom is 0.379 e. The van der Waals surface area contributed by atoms with Gasteiger partial charge in [0.15, 0.2) is 0 Å². The Bertz CT molecular complexity index is 1860. The van der Waals surface area contributed by atoms with Gasteiger partial charge in [-0.1, -0.05) is 44.6 Å². The molecule has 0 saturated carbocycles. The number of methoxy groups -OCH3 is 1. The molecule has 1 aliphatic carbocycles. The number of halogens is 1. The second kappa shape index (κ2) is 13.9. The molecule has 1 amide bonds. The molecule has 2 aliphatic heterocycles. The summed E-state index contributed by atoms with van der Waals surface area (Å²) < 4.78 is 30.2. The number of nitrogens with zero attached hydrogens (tertiary/aromatic N) is 4. The predicted molar refractivity (Wildman–Crippen MR) is 191 cm³/mol. The minimum Gasteiger partial charge on any atom is -0.460 e. The number of aryl methyl sites for hydroxylation is 1. The van der Waals surface area contributed by atoms with Crippen LogP contribution < -0.4 is 0 Å². The van der Waals surface area contributed by atoms with Crippen LogP contribution in [-0.2, 0) is 44.5 Å². The van der Waals surface area contributed by atoms with Gasteiger partial charge >= 0.3 is 5.97 Å². The predicted octanol–water partition coefficient (Wildman–Crippen LogP) is 7.67. The van der Waals surface area contributed by atoms with Crippen LogP contribution in [0.5, 0.6) is 0 Å². The first-order valence-corrected chi connectivity index (χ1v) is 17.8. The highest BCUT2D eigenvalue weighted by atomic mass is 32.1. The molecule has 260 valence electrons. The quantitative estimate of drug-likeness (QED) is 0.203. The third-order valence-electron chi connectivity index (χ3n) is 10.3. The van der Waals surface area contributed by atoms with Gasteiger partial charge in [-0.05, 0) is 84.6 Å². The number of allylic oxidation sites excluding steroid dienone is 4. The zero-order valence-electron chi connectivity index (χ0n) is 29.6. The molecule has 2 aromatic heterocycles. The van der Waals surface area contributed by atoms with Gasteiger partial charge in [0.1, 0.15) is 0 Å². The fourth-order valence-electron chi connectivity index (χ4n) is 7.69. The van der Waals surface area contributed by atoms with Crippen molar-refractivity contribution in [3.63, 3.8) is 0 Å². The van der Waals surface area contributed by atoms with Gasteiger partial charge in [-0.2, -0.15) is 0 Å². The number of cyclic esters (lactones) is 1. The largest absolute Gasteiger partial charge is 0.460 e. The van der Waals surface area contributed by atoms with E-state index in [1.54, 1.807) is 13.3 Å². The zero-order valence-corrected chi connectivity index (χ0v) is 30.4. The Kier molecular flexibility index (Phi) is 9.93. The van der Waals surface area contributed by atoms with Gasteiger partial charge in [0.2, 0.25) is 0 Å². The number of alkyl halides is 1. The van der Waals surface area contributed by atoms with Gasteiger partial charge in [0.05, 0.1) is 37.3 Å². The molecule has 1 aromatic carbocycles. The number of amides is 1. The Hall–Kier alpha value is -3.76. The molecule has 6 bridgehead atoms. The molecule has 1 saturated heterocycles. The number of hydrazine groups is 1. The van der Waals surface area contributed by atoms with Crippen molar-refractivity contribution in [3.8, 4) is 11.3 Å². The monoisotopic (exact) mass is 687 g/mol. The molecule has 3 aliphatic rings. The van der Waals surface area contributed by atoms with Crippen LogP contribution >= 0.6 is 0 Å². The van der Waals surface area contributed by atoms with E-state index in [0.717, 1.165) is 56.7 Å². The average Bonchev–Trinajstić information content (AvgIpc) is 3.40. The molecular weight excluding hydrogens is 640 g/mol. The zero-order chi connectivity index (χ0) is 35.1. The number of hydrogen-bond donors (Lipinski definition) is 0. The summed E-state index contributed by atoms with van der Waals surface area (Å²) in [7, 11) is 1.69. The molecule has 0 N–H and O–H groups in total. The van der Waals surface area contributed by atoms with Crippen molar-refractivity contribution >= 4 is 40.8 Å². The summed E-state index contributed by atoms with van der Waals surface area (Å²) in [6.45, 7) is 11.2. The summed E-state index contributed by atoms with van der Waals surface area (Å²) in [4.78, 5) is 31.8. The summed E-state index contributed by atoms with van der Waals surface area (Å²) in [6.07, 6.45) is 8.70. The fourth-order valence-corrected chi connectivity index (χ4v) is 8.05. The van der Waals surface area contributed by atoms with Crippen LogP contribution in [0.25, 0.3) is 27.7 Å². The summed E-state index contributed by atoms with van der Waals surface area (Å²) in [5, 5.41) is 2.61. The van der Waals surface area contributed by atoms with Gasteiger partial charge in [-0.15, -0.1) is 5.01 Å². The Morgan fingerprint density at radius 3 is 2.71 bits per heavy atom. The summed E-state index contributed by atoms with van der Waals surface area (Å²) in [5.74, 6) is -0.556. The number of esters is 1. The normalized spacial score (nSPS) is 23.9. The lowest BCUT2D eigenvalue weighted by molar-refractivity contribution is -0.676. The summed E-state index contributed by atoms with van der Waals surface area (Å²) in [6, 6.07) is 9.90. The van der Waals surface area contributed by atoms with Gasteiger partial charge < -0.3 is 14.0 Å². The molecule has 49 heavy (non-hydrogen) atoms. The smallest absolute Gasteiger partial charge is 0.379 e. The molecule has 0 radical (unpaired) electrons. The second-order valence-corrected chi connectivity index (χ2v) is 15.3. The number of carbonyl (C=O) groups is 2. The molecular formula is C39H48FN4O4S+. The molecule has 0 spiro atoms. The van der Waals surface area contributed by atoms with Crippen LogP contribution in [0, 0.1) is 10.8 Å². The van der Waals surface area contributed by atoms with Gasteiger partial charge in [-0.3, -0.25) is 14.2 Å². The van der Waals surface area contributed by atoms with Gasteiger partial charge in [0, 0.05) is 60.0 Å². The first-order valence-electron chi connectivity index (χ1n) is 17.4. The molecule has 8 nitrogen and oxygen atoms in total. The van der Waals surface area contributed by atoms with Crippen molar-refractivity contribution < 1.29 is 27.5 Å². The Morgan fingerprint density at radius 2 is 1.98 bits per heavy atom. The fraction of sp³-hybridized carbons (Fsp3) is 0.513. The minimum atomic E-state index is -0.716. The van der Waals surface area contributed by atoms with Crippen molar-refractivity contribution in [2.24, 2.45) is 10.8 Å². The maximum absolute atomic E-state index is 14.7. The van der Waals surface area contributed by atoms with E-state index in [2.05, 4.69) is 55.7 Å². The molecule has 1 unspecified atom stereocenters. The Morgan fingerprint density at radius 1 is 1.18 bits per heavy atom. The molecule has 10 heteroatoms. The standard InChI is InChI=1S/C39H48FN4O4S/c1-7-42-32-14-13-27-19-30(32)31(36(42)29-10-8-16-41-35(29)25(2)47-6)22-38(3,4)24-48-37(46)33-11-9-17-43(44(33)49)34(45)15-12-26-18-28(27)21-39(5,20-26)23-40/h8,10,13-14,16,18-20,25,33H,7,9,11-12,15,17,21-24H2,1-6H3/q+1/t25-,33-,39?/m0/s1. The first kappa shape index (κ1) is 35.1. The lowest BCUT2D eigenvalue weighted by Gasteiger charge is -2.30. The van der Waals surface area contributed by atoms with Crippen molar-refractivity contribution in [2.45, 2.75) is 91.8 Å². The second-order valence-electron chi connectivity index (χ2n) is 14.9. The Balaban J connectivity index is 1.56. The highest BCUT2D eigenvalue weighted by Gasteiger charge is 2.43. The summed E-state index contributed by atoms with van der Waals surface area (Å²) in [5.41, 5.74) is 7.02. The van der Waals surface area contributed by atoms with E-state index >= 15 is 0 Å². The lowest BCUT2D eigenvalue weighted by atomic mass is 9.76. The molecule has 4 heterocycles. The van der Waals surface area contributed by atoms with Crippen LogP contribution in [-0.4, -0.2) is 63.5 Å². The van der Waals surface area contributed by atoms with Crippen LogP contribution in [0.1, 0.15) is 89.6 Å². The Labute approximate surface area is 294 Å². The molecule has 3 atom stereocenters. The average molecular weight is 688 g/mol. The molecule has 1 fully saturated rings. The number of rotatable bonds is 5. The van der Waals surface area contributed by atoms with Crippen LogP contribution in [0.4, 0.5) is 4.39 Å². The SMILES string of the molecule is CCn1c(-c2cccnc2[C@H](C)OC)c2c3cc(ccc31)C1=CC(=CC(C)(CF)C1)CCC(=O)N1CCC[C@@H](C(=O)OCC(C)(C)C2)[N+]1=S. The third kappa shape index (κ3) is 6.86. The highest BCUT2D eigenvalue weighted by molar-refractivity contribution is 7.44. The van der Waals surface area contributed by atoms with Gasteiger partial charge in [0.25, 0.3) is 24.4 Å². The third-order valence-corrected chi connectivity index (χ3v) is 10.7. The van der Waals surface area contributed by atoms with E-state index in [-0.39, 0.29) is 25.0 Å². The highest BCUT2D eigenvalue weighted by Crippen LogP contribution is 2.44. The number of fused-ring (bicyclic) bond motifs is 5. The van der Waals surface area contributed by atoms with E-state index in [1.807, 2.05) is 26.0 Å². The van der Waals surface area contributed by atoms with E-state index in [0.29, 0.717) is 38.6 Å². The number of ether oxygens (including phenoxy) is 2. The van der Waals surface area contributed by atoms with Crippen molar-refractivity contribution in [2.75, 3.05) is 26.9 Å². The lowest BCUT2D eigenvalue weighted by Crippen LogP contribution is -2.52. The number of hydrogen-bond acceptors (Lipinski definition) is 6. The van der Waals surface area contributed by atoms with Crippen molar-refractivity contribution in [3.05, 3.63) is 71.1 Å². The van der Waals surface area contributed by atoms with Crippen molar-refractivity contribution in [1.82, 2.24) is 14.6 Å². The van der Waals surface area contributed by atoms with E-state index < -0.39 is 29.5 Å². The molecule has 6 rings (SSSR count). The topological polar surface area (TPSA) is 76.7 Å². The maximum atomic E-state index is 14.7.